The van der Waals surface area contributed by atoms with Crippen LogP contribution in [0.4, 0.5) is 0 Å². The van der Waals surface area contributed by atoms with Crippen LogP contribution in [0.1, 0.15) is 26.2 Å². The average molecular weight is 296 g/mol. The Morgan fingerprint density at radius 3 is 2.80 bits per heavy atom. The van der Waals surface area contributed by atoms with Gasteiger partial charge < -0.3 is 14.8 Å². The van der Waals surface area contributed by atoms with Crippen LogP contribution >= 0.6 is 11.6 Å². The predicted molar refractivity (Wildman–Crippen MR) is 82.3 cm³/mol. The quantitative estimate of drug-likeness (QED) is 0.830. The van der Waals surface area contributed by atoms with Crippen molar-refractivity contribution in [2.75, 3.05) is 19.8 Å². The van der Waals surface area contributed by atoms with Gasteiger partial charge in [0.05, 0.1) is 12.6 Å². The van der Waals surface area contributed by atoms with Crippen molar-refractivity contribution < 1.29 is 9.47 Å². The van der Waals surface area contributed by atoms with Crippen molar-refractivity contribution in [1.82, 2.24) is 5.32 Å². The number of hydrogen-bond acceptors (Lipinski definition) is 3. The highest BCUT2D eigenvalue weighted by Gasteiger charge is 2.18. The smallest absolute Gasteiger partial charge is 0.119 e. The van der Waals surface area contributed by atoms with Gasteiger partial charge in [-0.05, 0) is 56.1 Å². The highest BCUT2D eigenvalue weighted by Crippen LogP contribution is 2.18. The maximum atomic E-state index is 5.87. The van der Waals surface area contributed by atoms with Crippen molar-refractivity contribution >= 4 is 11.6 Å². The SMILES string of the molecule is CCCNC(COc1ccc(Cl)cc1)C1=CCCCO1. The molecule has 1 aliphatic heterocycles. The van der Waals surface area contributed by atoms with E-state index in [9.17, 15) is 0 Å². The second-order valence-electron chi connectivity index (χ2n) is 4.87. The van der Waals surface area contributed by atoms with Gasteiger partial charge in [0.1, 0.15) is 18.1 Å². The largest absolute Gasteiger partial charge is 0.496 e. The molecule has 110 valence electrons. The van der Waals surface area contributed by atoms with E-state index in [0.717, 1.165) is 48.9 Å². The number of hydrogen-bond donors (Lipinski definition) is 1. The fraction of sp³-hybridized carbons (Fsp3) is 0.500. The Bertz CT molecular complexity index is 431. The molecule has 1 atom stereocenters. The van der Waals surface area contributed by atoms with Crippen LogP contribution in [0.15, 0.2) is 36.1 Å². The summed E-state index contributed by atoms with van der Waals surface area (Å²) in [5.41, 5.74) is 0. The Hall–Kier alpha value is -1.19. The molecule has 1 unspecified atom stereocenters. The van der Waals surface area contributed by atoms with Crippen LogP contribution in [0.25, 0.3) is 0 Å². The highest BCUT2D eigenvalue weighted by molar-refractivity contribution is 6.30. The van der Waals surface area contributed by atoms with E-state index in [1.165, 1.54) is 0 Å². The van der Waals surface area contributed by atoms with Gasteiger partial charge in [0.2, 0.25) is 0 Å². The molecule has 0 amide bonds. The summed E-state index contributed by atoms with van der Waals surface area (Å²) in [5.74, 6) is 1.84. The van der Waals surface area contributed by atoms with Crippen molar-refractivity contribution in [3.05, 3.63) is 41.1 Å². The monoisotopic (exact) mass is 295 g/mol. The predicted octanol–water partition coefficient (Wildman–Crippen LogP) is 3.78. The summed E-state index contributed by atoms with van der Waals surface area (Å²) >= 11 is 5.87. The minimum Gasteiger partial charge on any atom is -0.496 e. The van der Waals surface area contributed by atoms with Gasteiger partial charge in [-0.1, -0.05) is 18.5 Å². The molecule has 1 N–H and O–H groups in total. The van der Waals surface area contributed by atoms with E-state index < -0.39 is 0 Å². The van der Waals surface area contributed by atoms with Crippen molar-refractivity contribution in [2.45, 2.75) is 32.2 Å². The fourth-order valence-electron chi connectivity index (χ4n) is 2.09. The summed E-state index contributed by atoms with van der Waals surface area (Å²) in [7, 11) is 0. The molecule has 1 aromatic rings. The third-order valence-electron chi connectivity index (χ3n) is 3.18. The van der Waals surface area contributed by atoms with Crippen molar-refractivity contribution in [3.63, 3.8) is 0 Å². The van der Waals surface area contributed by atoms with Gasteiger partial charge in [0.15, 0.2) is 0 Å². The molecular weight excluding hydrogens is 274 g/mol. The van der Waals surface area contributed by atoms with Gasteiger partial charge in [-0.25, -0.2) is 0 Å². The minimum absolute atomic E-state index is 0.117. The first kappa shape index (κ1) is 15.2. The van der Waals surface area contributed by atoms with Gasteiger partial charge in [-0.2, -0.15) is 0 Å². The highest BCUT2D eigenvalue weighted by atomic mass is 35.5. The van der Waals surface area contributed by atoms with Crippen LogP contribution in [0.3, 0.4) is 0 Å². The first-order valence-corrected chi connectivity index (χ1v) is 7.62. The van der Waals surface area contributed by atoms with E-state index in [1.807, 2.05) is 24.3 Å². The van der Waals surface area contributed by atoms with E-state index in [2.05, 4.69) is 18.3 Å². The van der Waals surface area contributed by atoms with Crippen molar-refractivity contribution in [2.24, 2.45) is 0 Å². The van der Waals surface area contributed by atoms with Crippen LogP contribution in [-0.2, 0) is 4.74 Å². The molecule has 0 saturated heterocycles. The summed E-state index contributed by atoms with van der Waals surface area (Å²) in [5, 5.41) is 4.20. The molecule has 0 aromatic heterocycles. The number of ether oxygens (including phenoxy) is 2. The zero-order valence-corrected chi connectivity index (χ0v) is 12.7. The van der Waals surface area contributed by atoms with Crippen molar-refractivity contribution in [1.29, 1.82) is 0 Å². The Morgan fingerprint density at radius 2 is 2.15 bits per heavy atom. The summed E-state index contributed by atoms with van der Waals surface area (Å²) < 4.78 is 11.6. The third-order valence-corrected chi connectivity index (χ3v) is 3.43. The lowest BCUT2D eigenvalue weighted by Gasteiger charge is -2.25. The van der Waals surface area contributed by atoms with Gasteiger partial charge in [-0.3, -0.25) is 0 Å². The number of allylic oxidation sites excluding steroid dienone is 1. The maximum absolute atomic E-state index is 5.87. The number of nitrogens with one attached hydrogen (secondary N) is 1. The molecule has 0 spiro atoms. The van der Waals surface area contributed by atoms with Gasteiger partial charge in [0, 0.05) is 5.02 Å². The van der Waals surface area contributed by atoms with Gasteiger partial charge in [-0.15, -0.1) is 0 Å². The lowest BCUT2D eigenvalue weighted by Crippen LogP contribution is -2.38. The molecule has 1 aliphatic rings. The molecule has 3 nitrogen and oxygen atoms in total. The molecule has 20 heavy (non-hydrogen) atoms. The maximum Gasteiger partial charge on any atom is 0.119 e. The van der Waals surface area contributed by atoms with E-state index >= 15 is 0 Å². The number of benzene rings is 1. The number of halogens is 1. The first-order valence-electron chi connectivity index (χ1n) is 7.24. The zero-order valence-electron chi connectivity index (χ0n) is 11.9. The molecule has 0 fully saturated rings. The van der Waals surface area contributed by atoms with Crippen LogP contribution in [0.5, 0.6) is 5.75 Å². The second-order valence-corrected chi connectivity index (χ2v) is 5.31. The van der Waals surface area contributed by atoms with E-state index in [-0.39, 0.29) is 6.04 Å². The van der Waals surface area contributed by atoms with E-state index in [4.69, 9.17) is 21.1 Å². The Morgan fingerprint density at radius 1 is 1.35 bits per heavy atom. The molecule has 0 radical (unpaired) electrons. The lowest BCUT2D eigenvalue weighted by molar-refractivity contribution is 0.147. The summed E-state index contributed by atoms with van der Waals surface area (Å²) in [6.07, 6.45) is 5.44. The Labute approximate surface area is 125 Å². The zero-order chi connectivity index (χ0) is 14.2. The summed E-state index contributed by atoms with van der Waals surface area (Å²) in [6, 6.07) is 7.56. The number of rotatable bonds is 7. The lowest BCUT2D eigenvalue weighted by atomic mass is 10.1. The van der Waals surface area contributed by atoms with E-state index in [0.29, 0.717) is 6.61 Å². The second kappa shape index (κ2) is 8.18. The average Bonchev–Trinajstić information content (AvgIpc) is 2.50. The third kappa shape index (κ3) is 4.73. The van der Waals surface area contributed by atoms with Crippen LogP contribution < -0.4 is 10.1 Å². The fourth-order valence-corrected chi connectivity index (χ4v) is 2.22. The van der Waals surface area contributed by atoms with Crippen LogP contribution in [0, 0.1) is 0 Å². The summed E-state index contributed by atoms with van der Waals surface area (Å²) in [4.78, 5) is 0. The van der Waals surface area contributed by atoms with E-state index in [1.54, 1.807) is 0 Å². The molecule has 1 heterocycles. The molecule has 0 bridgehead atoms. The first-order chi connectivity index (χ1) is 9.79. The molecule has 0 saturated carbocycles. The Kier molecular flexibility index (Phi) is 6.22. The minimum atomic E-state index is 0.117. The standard InChI is InChI=1S/C16H22ClNO2/c1-2-10-18-15(16-5-3-4-11-19-16)12-20-14-8-6-13(17)7-9-14/h5-9,15,18H,2-4,10-12H2,1H3. The molecule has 4 heteroatoms. The summed E-state index contributed by atoms with van der Waals surface area (Å²) in [6.45, 7) is 4.47. The van der Waals surface area contributed by atoms with Crippen LogP contribution in [-0.4, -0.2) is 25.8 Å². The topological polar surface area (TPSA) is 30.5 Å². The molecule has 0 aliphatic carbocycles. The Balaban J connectivity index is 1.92. The van der Waals surface area contributed by atoms with Crippen LogP contribution in [0.2, 0.25) is 5.02 Å². The molecular formula is C16H22ClNO2. The van der Waals surface area contributed by atoms with Gasteiger partial charge >= 0.3 is 0 Å². The van der Waals surface area contributed by atoms with Gasteiger partial charge in [0.25, 0.3) is 0 Å². The molecule has 1 aromatic carbocycles. The molecule has 2 rings (SSSR count). The van der Waals surface area contributed by atoms with Crippen molar-refractivity contribution in [3.8, 4) is 5.75 Å². The normalized spacial score (nSPS) is 16.2.